The van der Waals surface area contributed by atoms with Crippen molar-refractivity contribution < 1.29 is 23.8 Å². The third kappa shape index (κ3) is 3.73. The van der Waals surface area contributed by atoms with Gasteiger partial charge in [0.05, 0.1) is 12.5 Å². The number of halogens is 1. The maximum Gasteiger partial charge on any atom is 0.302 e. The molecule has 5 nitrogen and oxygen atoms in total. The van der Waals surface area contributed by atoms with Gasteiger partial charge in [-0.25, -0.2) is 0 Å². The maximum absolute atomic E-state index is 12.1. The van der Waals surface area contributed by atoms with Crippen LogP contribution in [0.25, 0.3) is 0 Å². The van der Waals surface area contributed by atoms with E-state index in [0.717, 1.165) is 37.9 Å². The second-order valence-corrected chi connectivity index (χ2v) is 10.3. The molecule has 0 saturated heterocycles. The molecule has 6 atom stereocenters. The van der Waals surface area contributed by atoms with E-state index in [2.05, 4.69) is 25.1 Å². The fourth-order valence-corrected chi connectivity index (χ4v) is 7.28. The zero-order valence-electron chi connectivity index (χ0n) is 18.9. The summed E-state index contributed by atoms with van der Waals surface area (Å²) in [5.41, 5.74) is 2.10. The van der Waals surface area contributed by atoms with Gasteiger partial charge in [0.25, 0.3) is 0 Å². The van der Waals surface area contributed by atoms with Crippen LogP contribution in [-0.4, -0.2) is 37.6 Å². The smallest absolute Gasteiger partial charge is 0.302 e. The van der Waals surface area contributed by atoms with Gasteiger partial charge in [-0.1, -0.05) is 13.0 Å². The molecule has 2 fully saturated rings. The molecular formula is C25H33ClO5. The third-order valence-corrected chi connectivity index (χ3v) is 8.80. The third-order valence-electron chi connectivity index (χ3n) is 8.27. The van der Waals surface area contributed by atoms with Crippen molar-refractivity contribution in [1.82, 2.24) is 0 Å². The number of carbonyl (C=O) groups excluding carboxylic acids is 2. The SMILES string of the molecule is COc1ccc2c(c1)CC[C@@H]1[C@@H]2CC[C@@]2(C)[C@H]1C[C@@](CCl)(COC(C)=O)[C@@H]2OC(C)=O. The molecule has 0 bridgehead atoms. The van der Waals surface area contributed by atoms with Crippen molar-refractivity contribution in [1.29, 1.82) is 0 Å². The molecule has 0 heterocycles. The molecule has 31 heavy (non-hydrogen) atoms. The number of fused-ring (bicyclic) bond motifs is 5. The van der Waals surface area contributed by atoms with Crippen molar-refractivity contribution in [3.63, 3.8) is 0 Å². The van der Waals surface area contributed by atoms with Crippen LogP contribution >= 0.6 is 11.6 Å². The normalized spacial score (nSPS) is 36.0. The minimum atomic E-state index is -0.548. The van der Waals surface area contributed by atoms with Crippen LogP contribution < -0.4 is 4.74 Å². The zero-order chi connectivity index (χ0) is 22.4. The highest BCUT2D eigenvalue weighted by molar-refractivity contribution is 6.18. The first kappa shape index (κ1) is 22.4. The van der Waals surface area contributed by atoms with Crippen LogP contribution in [-0.2, 0) is 25.5 Å². The Kier molecular flexibility index (Phi) is 6.01. The number of methoxy groups -OCH3 is 1. The van der Waals surface area contributed by atoms with Crippen LogP contribution in [0, 0.1) is 22.7 Å². The molecule has 0 amide bonds. The molecule has 2 saturated carbocycles. The Morgan fingerprint density at radius 2 is 1.97 bits per heavy atom. The van der Waals surface area contributed by atoms with E-state index in [0.29, 0.717) is 23.6 Å². The summed E-state index contributed by atoms with van der Waals surface area (Å²) in [4.78, 5) is 23.7. The molecule has 6 heteroatoms. The van der Waals surface area contributed by atoms with Crippen LogP contribution in [0.15, 0.2) is 18.2 Å². The molecule has 3 aliphatic carbocycles. The second kappa shape index (κ2) is 8.31. The van der Waals surface area contributed by atoms with Crippen molar-refractivity contribution in [3.8, 4) is 5.75 Å². The molecule has 0 spiro atoms. The van der Waals surface area contributed by atoms with Crippen LogP contribution in [0.2, 0.25) is 0 Å². The van der Waals surface area contributed by atoms with Crippen LogP contribution in [0.1, 0.15) is 63.5 Å². The van der Waals surface area contributed by atoms with Crippen LogP contribution in [0.5, 0.6) is 5.75 Å². The Morgan fingerprint density at radius 1 is 1.19 bits per heavy atom. The lowest BCUT2D eigenvalue weighted by molar-refractivity contribution is -0.167. The fraction of sp³-hybridized carbons (Fsp3) is 0.680. The average molecular weight is 449 g/mol. The number of carbonyl (C=O) groups is 2. The fourth-order valence-electron chi connectivity index (χ4n) is 6.96. The Hall–Kier alpha value is -1.75. The minimum absolute atomic E-state index is 0.175. The number of hydrogen-bond donors (Lipinski definition) is 0. The van der Waals surface area contributed by atoms with Gasteiger partial charge in [0, 0.05) is 25.1 Å². The predicted octanol–water partition coefficient (Wildman–Crippen LogP) is 4.88. The number of aryl methyl sites for hydroxylation is 1. The lowest BCUT2D eigenvalue weighted by Gasteiger charge is -2.50. The average Bonchev–Trinajstić information content (AvgIpc) is 3.00. The number of hydrogen-bond acceptors (Lipinski definition) is 5. The van der Waals surface area contributed by atoms with E-state index >= 15 is 0 Å². The van der Waals surface area contributed by atoms with Gasteiger partial charge in [-0.15, -0.1) is 11.6 Å². The van der Waals surface area contributed by atoms with Crippen molar-refractivity contribution >= 4 is 23.5 Å². The molecule has 0 aliphatic heterocycles. The molecule has 170 valence electrons. The quantitative estimate of drug-likeness (QED) is 0.474. The molecule has 3 aliphatic rings. The largest absolute Gasteiger partial charge is 0.497 e. The summed E-state index contributed by atoms with van der Waals surface area (Å²) in [5, 5.41) is 0. The Morgan fingerprint density at radius 3 is 2.61 bits per heavy atom. The number of benzene rings is 1. The van der Waals surface area contributed by atoms with Gasteiger partial charge in [0.1, 0.15) is 18.5 Å². The Bertz CT molecular complexity index is 869. The number of alkyl halides is 1. The van der Waals surface area contributed by atoms with E-state index in [1.807, 2.05) is 0 Å². The minimum Gasteiger partial charge on any atom is -0.497 e. The molecule has 4 rings (SSSR count). The van der Waals surface area contributed by atoms with Gasteiger partial charge in [0.15, 0.2) is 0 Å². The summed E-state index contributed by atoms with van der Waals surface area (Å²) in [6.07, 6.45) is 4.60. The first-order valence-electron chi connectivity index (χ1n) is 11.3. The summed E-state index contributed by atoms with van der Waals surface area (Å²) < 4.78 is 16.9. The Balaban J connectivity index is 1.70. The number of rotatable bonds is 5. The van der Waals surface area contributed by atoms with E-state index in [4.69, 9.17) is 25.8 Å². The first-order valence-corrected chi connectivity index (χ1v) is 11.8. The van der Waals surface area contributed by atoms with Gasteiger partial charge in [-0.05, 0) is 73.1 Å². The first-order chi connectivity index (χ1) is 14.7. The predicted molar refractivity (Wildman–Crippen MR) is 118 cm³/mol. The molecule has 1 aromatic rings. The van der Waals surface area contributed by atoms with E-state index in [9.17, 15) is 9.59 Å². The van der Waals surface area contributed by atoms with Crippen molar-refractivity contribution in [2.45, 2.75) is 64.9 Å². The van der Waals surface area contributed by atoms with Gasteiger partial charge < -0.3 is 14.2 Å². The molecule has 0 radical (unpaired) electrons. The van der Waals surface area contributed by atoms with E-state index < -0.39 is 5.41 Å². The standard InChI is InChI=1S/C25H33ClO5/c1-15(27)30-14-25(13-26)12-22-21-7-5-17-11-18(29-4)6-8-19(17)20(21)9-10-24(22,3)23(25)31-16(2)28/h6,8,11,20-23H,5,7,9-10,12-14H2,1-4H3/t20-,21-,22+,23-,24+,25-/m1/s1. The van der Waals surface area contributed by atoms with E-state index in [1.54, 1.807) is 7.11 Å². The zero-order valence-corrected chi connectivity index (χ0v) is 19.7. The van der Waals surface area contributed by atoms with Crippen molar-refractivity contribution in [3.05, 3.63) is 29.3 Å². The topological polar surface area (TPSA) is 61.8 Å². The van der Waals surface area contributed by atoms with Gasteiger partial charge in [-0.3, -0.25) is 9.59 Å². The number of ether oxygens (including phenoxy) is 3. The summed E-state index contributed by atoms with van der Waals surface area (Å²) in [5.74, 6) is 1.94. The highest BCUT2D eigenvalue weighted by Gasteiger charge is 2.65. The number of esters is 2. The van der Waals surface area contributed by atoms with Crippen LogP contribution in [0.4, 0.5) is 0 Å². The maximum atomic E-state index is 12.1. The summed E-state index contributed by atoms with van der Waals surface area (Å²) >= 11 is 6.55. The van der Waals surface area contributed by atoms with E-state index in [-0.39, 0.29) is 30.1 Å². The summed E-state index contributed by atoms with van der Waals surface area (Å²) in [6, 6.07) is 6.48. The molecule has 1 aromatic carbocycles. The lowest BCUT2D eigenvalue weighted by atomic mass is 9.55. The van der Waals surface area contributed by atoms with Gasteiger partial charge in [0.2, 0.25) is 0 Å². The summed E-state index contributed by atoms with van der Waals surface area (Å²) in [7, 11) is 1.71. The highest BCUT2D eigenvalue weighted by atomic mass is 35.5. The van der Waals surface area contributed by atoms with E-state index in [1.165, 1.54) is 25.0 Å². The second-order valence-electron chi connectivity index (χ2n) is 9.99. The highest BCUT2D eigenvalue weighted by Crippen LogP contribution is 2.66. The molecule has 0 aromatic heterocycles. The molecule has 0 N–H and O–H groups in total. The summed E-state index contributed by atoms with van der Waals surface area (Å²) in [6.45, 7) is 5.32. The Labute approximate surface area is 189 Å². The van der Waals surface area contributed by atoms with Gasteiger partial charge in [-0.2, -0.15) is 0 Å². The lowest BCUT2D eigenvalue weighted by Crippen LogP contribution is -2.49. The van der Waals surface area contributed by atoms with Crippen molar-refractivity contribution in [2.75, 3.05) is 19.6 Å². The monoisotopic (exact) mass is 448 g/mol. The molecule has 0 unspecified atom stereocenters. The van der Waals surface area contributed by atoms with Crippen LogP contribution in [0.3, 0.4) is 0 Å². The molecular weight excluding hydrogens is 416 g/mol. The van der Waals surface area contributed by atoms with Gasteiger partial charge >= 0.3 is 11.9 Å². The van der Waals surface area contributed by atoms with Crippen molar-refractivity contribution in [2.24, 2.45) is 22.7 Å².